The highest BCUT2D eigenvalue weighted by molar-refractivity contribution is 5.79. The van der Waals surface area contributed by atoms with E-state index in [9.17, 15) is 0 Å². The minimum absolute atomic E-state index is 0.199. The molecule has 0 unspecified atom stereocenters. The molecule has 1 rings (SSSR count). The highest BCUT2D eigenvalue weighted by Crippen LogP contribution is 1.99. The van der Waals surface area contributed by atoms with Gasteiger partial charge >= 0.3 is 0 Å². The Morgan fingerprint density at radius 1 is 1.56 bits per heavy atom. The highest BCUT2D eigenvalue weighted by Gasteiger charge is 2.10. The van der Waals surface area contributed by atoms with E-state index in [1.165, 1.54) is 4.80 Å². The van der Waals surface area contributed by atoms with Crippen LogP contribution >= 0.6 is 0 Å². The van der Waals surface area contributed by atoms with Gasteiger partial charge in [0.05, 0.1) is 20.2 Å². The van der Waals surface area contributed by atoms with Crippen LogP contribution in [0.3, 0.4) is 0 Å². The Kier molecular flexibility index (Phi) is 6.01. The number of nitrogens with two attached hydrogens (primary N) is 1. The van der Waals surface area contributed by atoms with E-state index in [-0.39, 0.29) is 5.84 Å². The quantitative estimate of drug-likeness (QED) is 0.260. The number of tetrazole rings is 1. The number of nitrogens with zero attached hydrogens (tertiary/aromatic N) is 6. The molecule has 0 aliphatic carbocycles. The molecule has 0 radical (unpaired) electrons. The molecule has 0 bridgehead atoms. The maximum Gasteiger partial charge on any atom is 0.188 e. The van der Waals surface area contributed by atoms with E-state index in [0.29, 0.717) is 38.5 Å². The van der Waals surface area contributed by atoms with Gasteiger partial charge in [-0.2, -0.15) is 4.80 Å². The Morgan fingerprint density at radius 3 is 2.89 bits per heavy atom. The van der Waals surface area contributed by atoms with Crippen LogP contribution in [-0.2, 0) is 18.3 Å². The SMILES string of the molecule is COCCN(CCC(N)=NO)Cc1nnn(C)n1. The monoisotopic (exact) mass is 257 g/mol. The molecule has 0 spiro atoms. The Hall–Kier alpha value is -1.74. The third kappa shape index (κ3) is 5.06. The smallest absolute Gasteiger partial charge is 0.188 e. The topological polar surface area (TPSA) is 115 Å². The molecule has 1 heterocycles. The standard InChI is InChI=1S/C9H19N7O2/c1-15-12-9(11-14-15)7-16(5-6-18-2)4-3-8(10)13-17/h17H,3-7H2,1-2H3,(H2,10,13). The van der Waals surface area contributed by atoms with Crippen LogP contribution in [0.5, 0.6) is 0 Å². The lowest BCUT2D eigenvalue weighted by atomic mass is 10.3. The van der Waals surface area contributed by atoms with Gasteiger partial charge in [0.25, 0.3) is 0 Å². The molecule has 18 heavy (non-hydrogen) atoms. The van der Waals surface area contributed by atoms with E-state index < -0.39 is 0 Å². The Labute approximate surface area is 105 Å². The van der Waals surface area contributed by atoms with Crippen LogP contribution in [0, 0.1) is 0 Å². The fourth-order valence-corrected chi connectivity index (χ4v) is 1.40. The van der Waals surface area contributed by atoms with Crippen molar-refractivity contribution in [1.82, 2.24) is 25.1 Å². The molecule has 0 aliphatic heterocycles. The molecule has 0 aliphatic rings. The van der Waals surface area contributed by atoms with Gasteiger partial charge in [-0.25, -0.2) is 0 Å². The lowest BCUT2D eigenvalue weighted by molar-refractivity contribution is 0.144. The van der Waals surface area contributed by atoms with Crippen LogP contribution in [0.25, 0.3) is 0 Å². The molecule has 0 saturated carbocycles. The average molecular weight is 257 g/mol. The number of aryl methyl sites for hydroxylation is 1. The van der Waals surface area contributed by atoms with E-state index in [0.717, 1.165) is 0 Å². The summed E-state index contributed by atoms with van der Waals surface area (Å²) in [5.74, 6) is 0.831. The number of aromatic nitrogens is 4. The number of rotatable bonds is 8. The van der Waals surface area contributed by atoms with Crippen LogP contribution in [-0.4, -0.2) is 63.0 Å². The van der Waals surface area contributed by atoms with Crippen molar-refractivity contribution in [3.05, 3.63) is 5.82 Å². The van der Waals surface area contributed by atoms with Crippen LogP contribution < -0.4 is 5.73 Å². The van der Waals surface area contributed by atoms with E-state index in [1.807, 2.05) is 0 Å². The van der Waals surface area contributed by atoms with Crippen molar-refractivity contribution in [2.24, 2.45) is 17.9 Å². The molecule has 0 aromatic carbocycles. The van der Waals surface area contributed by atoms with Crippen molar-refractivity contribution in [2.75, 3.05) is 26.8 Å². The van der Waals surface area contributed by atoms with Crippen LogP contribution in [0.4, 0.5) is 0 Å². The van der Waals surface area contributed by atoms with Crippen molar-refractivity contribution in [1.29, 1.82) is 0 Å². The first-order chi connectivity index (χ1) is 8.65. The zero-order valence-electron chi connectivity index (χ0n) is 10.7. The van der Waals surface area contributed by atoms with Gasteiger partial charge in [0.2, 0.25) is 0 Å². The fraction of sp³-hybridized carbons (Fsp3) is 0.778. The second-order valence-corrected chi connectivity index (χ2v) is 3.81. The van der Waals surface area contributed by atoms with Gasteiger partial charge in [0.1, 0.15) is 5.84 Å². The minimum Gasteiger partial charge on any atom is -0.409 e. The van der Waals surface area contributed by atoms with Gasteiger partial charge in [0, 0.05) is 26.6 Å². The first-order valence-corrected chi connectivity index (χ1v) is 5.56. The zero-order chi connectivity index (χ0) is 13.4. The molecule has 1 aromatic rings. The summed E-state index contributed by atoms with van der Waals surface area (Å²) in [6, 6.07) is 0. The molecule has 3 N–H and O–H groups in total. The van der Waals surface area contributed by atoms with E-state index in [2.05, 4.69) is 25.5 Å². The summed E-state index contributed by atoms with van der Waals surface area (Å²) in [5, 5.41) is 23.2. The summed E-state index contributed by atoms with van der Waals surface area (Å²) in [6.07, 6.45) is 0.473. The molecule has 0 amide bonds. The van der Waals surface area contributed by atoms with Crippen LogP contribution in [0.15, 0.2) is 5.16 Å². The van der Waals surface area contributed by atoms with E-state index in [4.69, 9.17) is 15.7 Å². The molecule has 0 atom stereocenters. The predicted molar refractivity (Wildman–Crippen MR) is 64.0 cm³/mol. The Balaban J connectivity index is 2.49. The van der Waals surface area contributed by atoms with Gasteiger partial charge in [-0.1, -0.05) is 5.16 Å². The average Bonchev–Trinajstić information content (AvgIpc) is 2.77. The number of oxime groups is 1. The van der Waals surface area contributed by atoms with Crippen molar-refractivity contribution in [3.63, 3.8) is 0 Å². The predicted octanol–water partition coefficient (Wildman–Crippen LogP) is -1.20. The number of ether oxygens (including phenoxy) is 1. The van der Waals surface area contributed by atoms with Crippen LogP contribution in [0.2, 0.25) is 0 Å². The number of amidine groups is 1. The fourth-order valence-electron chi connectivity index (χ4n) is 1.40. The largest absolute Gasteiger partial charge is 0.409 e. The summed E-state index contributed by atoms with van der Waals surface area (Å²) in [6.45, 7) is 2.50. The lowest BCUT2D eigenvalue weighted by Crippen LogP contribution is -2.31. The summed E-state index contributed by atoms with van der Waals surface area (Å²) in [4.78, 5) is 3.46. The molecule has 0 fully saturated rings. The van der Waals surface area contributed by atoms with Crippen LogP contribution in [0.1, 0.15) is 12.2 Å². The molecule has 1 aromatic heterocycles. The molecule has 9 nitrogen and oxygen atoms in total. The highest BCUT2D eigenvalue weighted by atomic mass is 16.5. The third-order valence-corrected chi connectivity index (χ3v) is 2.34. The summed E-state index contributed by atoms with van der Waals surface area (Å²) >= 11 is 0. The molecular weight excluding hydrogens is 238 g/mol. The van der Waals surface area contributed by atoms with E-state index >= 15 is 0 Å². The Morgan fingerprint density at radius 2 is 2.33 bits per heavy atom. The van der Waals surface area contributed by atoms with Gasteiger partial charge < -0.3 is 15.7 Å². The molecular formula is C9H19N7O2. The van der Waals surface area contributed by atoms with Crippen molar-refractivity contribution in [2.45, 2.75) is 13.0 Å². The summed E-state index contributed by atoms with van der Waals surface area (Å²) in [7, 11) is 3.36. The molecule has 0 saturated heterocycles. The number of methoxy groups -OCH3 is 1. The maximum absolute atomic E-state index is 8.50. The zero-order valence-corrected chi connectivity index (χ0v) is 10.7. The summed E-state index contributed by atoms with van der Waals surface area (Å²) in [5.41, 5.74) is 5.44. The van der Waals surface area contributed by atoms with Gasteiger partial charge in [0.15, 0.2) is 5.82 Å². The molecule has 9 heteroatoms. The lowest BCUT2D eigenvalue weighted by Gasteiger charge is -2.19. The minimum atomic E-state index is 0.199. The maximum atomic E-state index is 8.50. The van der Waals surface area contributed by atoms with E-state index in [1.54, 1.807) is 14.2 Å². The Bertz CT molecular complexity index is 379. The van der Waals surface area contributed by atoms with Gasteiger partial charge in [-0.3, -0.25) is 4.90 Å². The van der Waals surface area contributed by atoms with Crippen molar-refractivity contribution < 1.29 is 9.94 Å². The normalized spacial score (nSPS) is 12.3. The van der Waals surface area contributed by atoms with Gasteiger partial charge in [-0.15, -0.1) is 10.2 Å². The summed E-state index contributed by atoms with van der Waals surface area (Å²) < 4.78 is 5.03. The van der Waals surface area contributed by atoms with Crippen molar-refractivity contribution in [3.8, 4) is 0 Å². The second kappa shape index (κ2) is 7.56. The first-order valence-electron chi connectivity index (χ1n) is 5.56. The third-order valence-electron chi connectivity index (χ3n) is 2.34. The molecule has 102 valence electrons. The van der Waals surface area contributed by atoms with Crippen molar-refractivity contribution >= 4 is 5.84 Å². The first kappa shape index (κ1) is 14.3. The number of hydrogen-bond donors (Lipinski definition) is 2. The second-order valence-electron chi connectivity index (χ2n) is 3.81. The number of hydrogen-bond acceptors (Lipinski definition) is 7. The van der Waals surface area contributed by atoms with Gasteiger partial charge in [-0.05, 0) is 5.21 Å².